The number of hydrogen-bond donors (Lipinski definition) is 0. The molecule has 0 aromatic carbocycles. The van der Waals surface area contributed by atoms with Crippen molar-refractivity contribution in [3.63, 3.8) is 0 Å². The number of rotatable bonds is 2. The van der Waals surface area contributed by atoms with Gasteiger partial charge in [-0.2, -0.15) is 22.0 Å². The molecule has 0 aromatic heterocycles. The zero-order valence-corrected chi connectivity index (χ0v) is 9.58. The van der Waals surface area contributed by atoms with Crippen molar-refractivity contribution in [1.29, 1.82) is 0 Å². The van der Waals surface area contributed by atoms with Gasteiger partial charge in [0, 0.05) is 0 Å². The average Bonchev–Trinajstić information content (AvgIpc) is 1.56. The van der Waals surface area contributed by atoms with Crippen molar-refractivity contribution in [2.24, 2.45) is 0 Å². The Morgan fingerprint density at radius 2 is 1.50 bits per heavy atom. The Morgan fingerprint density at radius 1 is 1.17 bits per heavy atom. The molecule has 0 rings (SSSR count). The standard InChI is InChI=1S/C2F5O3P.K/c3-1(4,5)2(6,7)10-11(8)9;/q;+1. The second-order valence-corrected chi connectivity index (χ2v) is 1.96. The Morgan fingerprint density at radius 3 is 1.58 bits per heavy atom. The van der Waals surface area contributed by atoms with Crippen LogP contribution in [0.25, 0.3) is 0 Å². The van der Waals surface area contributed by atoms with Crippen molar-refractivity contribution >= 4 is 8.25 Å². The van der Waals surface area contributed by atoms with Crippen molar-refractivity contribution in [3.05, 3.63) is 0 Å². The molecule has 0 aliphatic carbocycles. The number of halogens is 5. The molecule has 12 heavy (non-hydrogen) atoms. The Kier molecular flexibility index (Phi) is 6.90. The normalized spacial score (nSPS) is 13.7. The van der Waals surface area contributed by atoms with Gasteiger partial charge in [-0.1, -0.05) is 4.52 Å². The van der Waals surface area contributed by atoms with Crippen LogP contribution >= 0.6 is 8.25 Å². The van der Waals surface area contributed by atoms with Crippen molar-refractivity contribution in [1.82, 2.24) is 0 Å². The molecule has 0 spiro atoms. The van der Waals surface area contributed by atoms with Gasteiger partial charge in [-0.15, -0.1) is 0 Å². The third-order valence-corrected chi connectivity index (χ3v) is 0.898. The van der Waals surface area contributed by atoms with Crippen LogP contribution in [0.4, 0.5) is 22.0 Å². The first-order chi connectivity index (χ1) is 4.67. The van der Waals surface area contributed by atoms with Crippen LogP contribution in [0, 0.1) is 0 Å². The summed E-state index contributed by atoms with van der Waals surface area (Å²) >= 11 is 0. The zero-order valence-electron chi connectivity index (χ0n) is 5.56. The van der Waals surface area contributed by atoms with Gasteiger partial charge in [-0.3, -0.25) is 0 Å². The van der Waals surface area contributed by atoms with Crippen molar-refractivity contribution < 1.29 is 87.3 Å². The molecule has 0 bridgehead atoms. The van der Waals surface area contributed by atoms with E-state index in [0.29, 0.717) is 0 Å². The van der Waals surface area contributed by atoms with Crippen molar-refractivity contribution in [3.8, 4) is 0 Å². The van der Waals surface area contributed by atoms with E-state index in [-0.39, 0.29) is 51.4 Å². The Labute approximate surface area is 107 Å². The smallest absolute Gasteiger partial charge is 0.566 e. The Hall–Kier alpha value is 1.31. The van der Waals surface area contributed by atoms with E-state index in [9.17, 15) is 31.4 Å². The summed E-state index contributed by atoms with van der Waals surface area (Å²) in [5.74, 6) is 0. The van der Waals surface area contributed by atoms with Crippen LogP contribution < -0.4 is 56.3 Å². The molecule has 0 fully saturated rings. The third-order valence-electron chi connectivity index (χ3n) is 0.519. The minimum Gasteiger partial charge on any atom is -0.566 e. The average molecular weight is 237 g/mol. The topological polar surface area (TPSA) is 49.4 Å². The van der Waals surface area contributed by atoms with Crippen LogP contribution in [0.5, 0.6) is 0 Å². The predicted octanol–water partition coefficient (Wildman–Crippen LogP) is -1.82. The molecule has 0 radical (unpaired) electrons. The zero-order chi connectivity index (χ0) is 9.28. The summed E-state index contributed by atoms with van der Waals surface area (Å²) in [7, 11) is -4.22. The second kappa shape index (κ2) is 5.25. The van der Waals surface area contributed by atoms with Gasteiger partial charge in [0.05, 0.1) is 0 Å². The van der Waals surface area contributed by atoms with E-state index in [1.807, 2.05) is 0 Å². The molecule has 10 heteroatoms. The summed E-state index contributed by atoms with van der Waals surface area (Å²) in [5, 5.41) is 0. The molecule has 0 aliphatic heterocycles. The molecule has 0 saturated heterocycles. The maximum absolute atomic E-state index is 11.5. The second-order valence-electron chi connectivity index (χ2n) is 1.33. The van der Waals surface area contributed by atoms with Crippen LogP contribution in [0.3, 0.4) is 0 Å². The summed E-state index contributed by atoms with van der Waals surface area (Å²) in [6.45, 7) is 0. The van der Waals surface area contributed by atoms with Gasteiger partial charge in [-0.25, -0.2) is 0 Å². The molecule has 3 nitrogen and oxygen atoms in total. The SMILES string of the molecule is O=[P+]([O-])OC(F)(F)C(F)(F)F.[K+]. The maximum atomic E-state index is 11.5. The fraction of sp³-hybridized carbons (Fsp3) is 1.00. The summed E-state index contributed by atoms with van der Waals surface area (Å²) in [4.78, 5) is 9.30. The Balaban J connectivity index is 0. The van der Waals surface area contributed by atoms with Gasteiger partial charge in [0.2, 0.25) is 0 Å². The van der Waals surface area contributed by atoms with E-state index in [1.165, 1.54) is 0 Å². The van der Waals surface area contributed by atoms with Gasteiger partial charge < -0.3 is 4.89 Å². The van der Waals surface area contributed by atoms with Crippen LogP contribution in [0.2, 0.25) is 0 Å². The van der Waals surface area contributed by atoms with Gasteiger partial charge in [0.15, 0.2) is 0 Å². The molecule has 0 aliphatic rings. The van der Waals surface area contributed by atoms with Gasteiger partial charge in [0.1, 0.15) is 0 Å². The van der Waals surface area contributed by atoms with Crippen LogP contribution in [0.1, 0.15) is 0 Å². The van der Waals surface area contributed by atoms with Crippen LogP contribution in [-0.4, -0.2) is 12.3 Å². The van der Waals surface area contributed by atoms with Crippen molar-refractivity contribution in [2.45, 2.75) is 12.3 Å². The molecule has 0 saturated carbocycles. The first kappa shape index (κ1) is 15.8. The monoisotopic (exact) mass is 237 g/mol. The third kappa shape index (κ3) is 5.13. The van der Waals surface area contributed by atoms with Gasteiger partial charge in [0.25, 0.3) is 0 Å². The van der Waals surface area contributed by atoms with Crippen LogP contribution in [0.15, 0.2) is 0 Å². The summed E-state index contributed by atoms with van der Waals surface area (Å²) in [6, 6.07) is 0. The van der Waals surface area contributed by atoms with E-state index in [1.54, 1.807) is 0 Å². The van der Waals surface area contributed by atoms with E-state index in [2.05, 4.69) is 4.52 Å². The molecule has 1 unspecified atom stereocenters. The number of alkyl halides is 5. The van der Waals surface area contributed by atoms with Crippen LogP contribution in [-0.2, 0) is 9.09 Å². The first-order valence-electron chi connectivity index (χ1n) is 1.95. The summed E-state index contributed by atoms with van der Waals surface area (Å²) < 4.78 is 67.6. The molecular weight excluding hydrogens is 237 g/mol. The molecule has 0 heterocycles. The molecule has 66 valence electrons. The quantitative estimate of drug-likeness (QED) is 0.323. The minimum absolute atomic E-state index is 0. The van der Waals surface area contributed by atoms with E-state index in [0.717, 1.165) is 0 Å². The molecule has 0 aromatic rings. The van der Waals surface area contributed by atoms with E-state index < -0.39 is 20.5 Å². The molecule has 1 atom stereocenters. The fourth-order valence-corrected chi connectivity index (χ4v) is 0.436. The number of hydrogen-bond acceptors (Lipinski definition) is 3. The summed E-state index contributed by atoms with van der Waals surface area (Å²) in [5.41, 5.74) is 0. The Bertz CT molecular complexity index is 169. The molecular formula is C2F5KO3P+. The fourth-order valence-electron chi connectivity index (χ4n) is 0.145. The first-order valence-corrected chi connectivity index (χ1v) is 3.04. The largest absolute Gasteiger partial charge is 1.00 e. The predicted molar refractivity (Wildman–Crippen MR) is 19.7 cm³/mol. The van der Waals surface area contributed by atoms with Crippen molar-refractivity contribution in [2.75, 3.05) is 0 Å². The van der Waals surface area contributed by atoms with E-state index in [4.69, 9.17) is 0 Å². The maximum Gasteiger partial charge on any atom is 1.00 e. The molecule has 0 N–H and O–H groups in total. The molecule has 0 amide bonds. The van der Waals surface area contributed by atoms with E-state index >= 15 is 0 Å². The van der Waals surface area contributed by atoms with Gasteiger partial charge >= 0.3 is 71.9 Å². The van der Waals surface area contributed by atoms with Gasteiger partial charge in [-0.05, 0) is 4.57 Å². The summed E-state index contributed by atoms with van der Waals surface area (Å²) in [6.07, 6.45) is -11.6. The minimum atomic E-state index is -6.01.